The van der Waals surface area contributed by atoms with Gasteiger partial charge in [0.2, 0.25) is 5.76 Å². The van der Waals surface area contributed by atoms with Crippen LogP contribution in [-0.2, 0) is 16.6 Å². The maximum atomic E-state index is 11.8. The average Bonchev–Trinajstić information content (AvgIpc) is 3.02. The van der Waals surface area contributed by atoms with Crippen LogP contribution >= 0.6 is 0 Å². The molecular weight excluding hydrogens is 258 g/mol. The number of carbonyl (C=O) groups is 1. The summed E-state index contributed by atoms with van der Waals surface area (Å²) in [6, 6.07) is 3.66. The van der Waals surface area contributed by atoms with E-state index in [9.17, 15) is 4.79 Å². The minimum absolute atomic E-state index is 0.129. The van der Waals surface area contributed by atoms with Gasteiger partial charge in [0.05, 0.1) is 7.11 Å². The van der Waals surface area contributed by atoms with Crippen LogP contribution in [0.2, 0.25) is 0 Å². The molecule has 0 aliphatic carbocycles. The molecule has 0 N–H and O–H groups in total. The van der Waals surface area contributed by atoms with Gasteiger partial charge in [-0.25, -0.2) is 9.78 Å². The zero-order valence-corrected chi connectivity index (χ0v) is 12.4. The summed E-state index contributed by atoms with van der Waals surface area (Å²) in [4.78, 5) is 16.2. The summed E-state index contributed by atoms with van der Waals surface area (Å²) in [5.74, 6) is 1.26. The molecule has 2 aromatic rings. The Morgan fingerprint density at radius 2 is 2.00 bits per heavy atom. The number of aryl methyl sites for hydroxylation is 1. The largest absolute Gasteiger partial charge is 0.463 e. The van der Waals surface area contributed by atoms with Gasteiger partial charge in [-0.05, 0) is 12.1 Å². The maximum Gasteiger partial charge on any atom is 0.376 e. The fourth-order valence-electron chi connectivity index (χ4n) is 1.85. The van der Waals surface area contributed by atoms with Crippen molar-refractivity contribution in [3.05, 3.63) is 29.3 Å². The second-order valence-corrected chi connectivity index (χ2v) is 5.56. The van der Waals surface area contributed by atoms with E-state index in [4.69, 9.17) is 13.6 Å². The second-order valence-electron chi connectivity index (χ2n) is 5.56. The van der Waals surface area contributed by atoms with Crippen molar-refractivity contribution in [3.63, 3.8) is 0 Å². The summed E-state index contributed by atoms with van der Waals surface area (Å²) in [5, 5.41) is 0. The molecular formula is C15H19NO4. The van der Waals surface area contributed by atoms with Crippen LogP contribution in [0.5, 0.6) is 0 Å². The van der Waals surface area contributed by atoms with Crippen molar-refractivity contribution in [2.75, 3.05) is 7.11 Å². The van der Waals surface area contributed by atoms with Crippen molar-refractivity contribution in [2.45, 2.75) is 39.5 Å². The summed E-state index contributed by atoms with van der Waals surface area (Å²) < 4.78 is 15.9. The van der Waals surface area contributed by atoms with Gasteiger partial charge in [-0.3, -0.25) is 0 Å². The molecule has 0 amide bonds. The summed E-state index contributed by atoms with van der Waals surface area (Å²) in [7, 11) is 1.32. The van der Waals surface area contributed by atoms with E-state index in [1.807, 2.05) is 33.8 Å². The third-order valence-corrected chi connectivity index (χ3v) is 2.93. The number of furan rings is 1. The lowest BCUT2D eigenvalue weighted by Gasteiger charge is -2.15. The predicted octanol–water partition coefficient (Wildman–Crippen LogP) is 3.58. The van der Waals surface area contributed by atoms with Crippen LogP contribution in [0.1, 0.15) is 49.7 Å². The van der Waals surface area contributed by atoms with Crippen LogP contribution in [0.3, 0.4) is 0 Å². The van der Waals surface area contributed by atoms with Gasteiger partial charge in [-0.2, -0.15) is 0 Å². The highest BCUT2D eigenvalue weighted by Gasteiger charge is 2.30. The average molecular weight is 277 g/mol. The Labute approximate surface area is 117 Å². The molecule has 0 unspecified atom stereocenters. The SMILES string of the molecule is CCc1ccc(-c2nc(C(C)(C)C)c(C(=O)OC)o2)o1. The minimum Gasteiger partial charge on any atom is -0.463 e. The first-order valence-corrected chi connectivity index (χ1v) is 6.55. The van der Waals surface area contributed by atoms with Crippen molar-refractivity contribution < 1.29 is 18.4 Å². The first kappa shape index (κ1) is 14.4. The monoisotopic (exact) mass is 277 g/mol. The standard InChI is InChI=1S/C15H19NO4/c1-6-9-7-8-10(19-9)13-16-12(15(2,3)4)11(20-13)14(17)18-5/h7-8H,6H2,1-5H3. The van der Waals surface area contributed by atoms with Gasteiger partial charge in [-0.1, -0.05) is 27.7 Å². The van der Waals surface area contributed by atoms with Crippen molar-refractivity contribution in [3.8, 4) is 11.7 Å². The van der Waals surface area contributed by atoms with Crippen molar-refractivity contribution in [1.82, 2.24) is 4.98 Å². The molecule has 0 atom stereocenters. The molecule has 0 aliphatic rings. The number of methoxy groups -OCH3 is 1. The lowest BCUT2D eigenvalue weighted by molar-refractivity contribution is 0.0562. The topological polar surface area (TPSA) is 65.5 Å². The fourth-order valence-corrected chi connectivity index (χ4v) is 1.85. The maximum absolute atomic E-state index is 11.8. The Kier molecular flexibility index (Phi) is 3.70. The molecule has 0 radical (unpaired) electrons. The van der Waals surface area contributed by atoms with Crippen LogP contribution in [0.4, 0.5) is 0 Å². The first-order valence-electron chi connectivity index (χ1n) is 6.55. The molecule has 20 heavy (non-hydrogen) atoms. The molecule has 2 heterocycles. The summed E-state index contributed by atoms with van der Waals surface area (Å²) in [5.41, 5.74) is 0.236. The number of hydrogen-bond donors (Lipinski definition) is 0. The number of aromatic nitrogens is 1. The summed E-state index contributed by atoms with van der Waals surface area (Å²) >= 11 is 0. The van der Waals surface area contributed by atoms with E-state index in [2.05, 4.69) is 4.98 Å². The molecule has 0 fully saturated rings. The van der Waals surface area contributed by atoms with E-state index in [0.29, 0.717) is 17.3 Å². The Bertz CT molecular complexity index is 616. The number of hydrogen-bond acceptors (Lipinski definition) is 5. The Morgan fingerprint density at radius 1 is 1.30 bits per heavy atom. The van der Waals surface area contributed by atoms with E-state index in [0.717, 1.165) is 12.2 Å². The number of nitrogens with zero attached hydrogens (tertiary/aromatic N) is 1. The third kappa shape index (κ3) is 2.61. The van der Waals surface area contributed by atoms with Gasteiger partial charge in [0.25, 0.3) is 5.89 Å². The van der Waals surface area contributed by atoms with Gasteiger partial charge in [0, 0.05) is 11.8 Å². The molecule has 5 heteroatoms. The van der Waals surface area contributed by atoms with E-state index in [1.54, 1.807) is 6.07 Å². The highest BCUT2D eigenvalue weighted by atomic mass is 16.5. The van der Waals surface area contributed by atoms with E-state index < -0.39 is 5.97 Å². The number of carbonyl (C=O) groups excluding carboxylic acids is 1. The minimum atomic E-state index is -0.532. The molecule has 0 saturated heterocycles. The molecule has 0 aliphatic heterocycles. The van der Waals surface area contributed by atoms with Crippen molar-refractivity contribution >= 4 is 5.97 Å². The lowest BCUT2D eigenvalue weighted by atomic mass is 9.91. The molecule has 0 bridgehead atoms. The molecule has 0 spiro atoms. The highest BCUT2D eigenvalue weighted by Crippen LogP contribution is 2.31. The highest BCUT2D eigenvalue weighted by molar-refractivity contribution is 5.88. The number of oxazole rings is 1. The zero-order chi connectivity index (χ0) is 14.9. The van der Waals surface area contributed by atoms with Gasteiger partial charge < -0.3 is 13.6 Å². The van der Waals surface area contributed by atoms with Crippen LogP contribution in [0, 0.1) is 0 Å². The quantitative estimate of drug-likeness (QED) is 0.802. The molecule has 5 nitrogen and oxygen atoms in total. The zero-order valence-electron chi connectivity index (χ0n) is 12.4. The summed E-state index contributed by atoms with van der Waals surface area (Å²) in [6.07, 6.45) is 0.788. The molecule has 0 saturated carbocycles. The summed E-state index contributed by atoms with van der Waals surface area (Å²) in [6.45, 7) is 7.88. The van der Waals surface area contributed by atoms with Crippen molar-refractivity contribution in [1.29, 1.82) is 0 Å². The Hall–Kier alpha value is -2.04. The number of ether oxygens (including phenoxy) is 1. The fraction of sp³-hybridized carbons (Fsp3) is 0.467. The second kappa shape index (κ2) is 5.15. The Balaban J connectivity index is 2.51. The van der Waals surface area contributed by atoms with Crippen LogP contribution < -0.4 is 0 Å². The van der Waals surface area contributed by atoms with Gasteiger partial charge in [-0.15, -0.1) is 0 Å². The third-order valence-electron chi connectivity index (χ3n) is 2.93. The molecule has 2 aromatic heterocycles. The van der Waals surface area contributed by atoms with Gasteiger partial charge in [0.1, 0.15) is 11.5 Å². The molecule has 0 aromatic carbocycles. The smallest absolute Gasteiger partial charge is 0.376 e. The predicted molar refractivity (Wildman–Crippen MR) is 73.6 cm³/mol. The van der Waals surface area contributed by atoms with Gasteiger partial charge in [0.15, 0.2) is 5.76 Å². The van der Waals surface area contributed by atoms with Crippen LogP contribution in [-0.4, -0.2) is 18.1 Å². The lowest BCUT2D eigenvalue weighted by Crippen LogP contribution is -2.17. The normalized spacial score (nSPS) is 11.7. The van der Waals surface area contributed by atoms with E-state index >= 15 is 0 Å². The van der Waals surface area contributed by atoms with E-state index in [1.165, 1.54) is 7.11 Å². The van der Waals surface area contributed by atoms with Gasteiger partial charge >= 0.3 is 5.97 Å². The van der Waals surface area contributed by atoms with Crippen molar-refractivity contribution in [2.24, 2.45) is 0 Å². The van der Waals surface area contributed by atoms with Crippen LogP contribution in [0.15, 0.2) is 21.0 Å². The van der Waals surface area contributed by atoms with E-state index in [-0.39, 0.29) is 11.2 Å². The molecule has 2 rings (SSSR count). The van der Waals surface area contributed by atoms with Crippen LogP contribution in [0.25, 0.3) is 11.7 Å². The number of rotatable bonds is 3. The Morgan fingerprint density at radius 3 is 2.50 bits per heavy atom. The number of esters is 1. The first-order chi connectivity index (χ1) is 9.36. The molecule has 108 valence electrons.